The van der Waals surface area contributed by atoms with Crippen LogP contribution in [0.1, 0.15) is 13.3 Å². The first kappa shape index (κ1) is 14.4. The van der Waals surface area contributed by atoms with E-state index in [1.807, 2.05) is 6.07 Å². The second-order valence-electron chi connectivity index (χ2n) is 4.00. The quantitative estimate of drug-likeness (QED) is 0.664. The maximum Gasteiger partial charge on any atom is 0.312 e. The van der Waals surface area contributed by atoms with Crippen molar-refractivity contribution in [1.82, 2.24) is 0 Å². The Morgan fingerprint density at radius 3 is 2.89 bits per heavy atom. The molecule has 7 heteroatoms. The lowest BCUT2D eigenvalue weighted by molar-refractivity contribution is -0.385. The van der Waals surface area contributed by atoms with Crippen molar-refractivity contribution in [2.75, 3.05) is 6.61 Å². The molecule has 6 nitrogen and oxygen atoms in total. The number of ether oxygens (including phenoxy) is 1. The number of nitrogens with zero attached hydrogens (tertiary/aromatic N) is 2. The molecule has 1 aromatic carbocycles. The van der Waals surface area contributed by atoms with Crippen LogP contribution in [0.3, 0.4) is 0 Å². The van der Waals surface area contributed by atoms with Crippen LogP contribution in [0.5, 0.6) is 5.75 Å². The number of nitriles is 1. The summed E-state index contributed by atoms with van der Waals surface area (Å²) in [7, 11) is 0. The minimum absolute atomic E-state index is 0.125. The second kappa shape index (κ2) is 5.80. The summed E-state index contributed by atoms with van der Waals surface area (Å²) in [5, 5.41) is 19.5. The summed E-state index contributed by atoms with van der Waals surface area (Å²) in [5.74, 6) is 0.164. The zero-order valence-electron chi connectivity index (χ0n) is 9.72. The minimum Gasteiger partial charge on any atom is -0.487 e. The molecule has 0 heterocycles. The first-order valence-corrected chi connectivity index (χ1v) is 5.92. The van der Waals surface area contributed by atoms with E-state index in [4.69, 9.17) is 15.7 Å². The summed E-state index contributed by atoms with van der Waals surface area (Å²) in [6, 6.07) is 6.44. The van der Waals surface area contributed by atoms with E-state index in [9.17, 15) is 10.1 Å². The SMILES string of the molecule is CC(N)(C#N)CCOc1ccc(Br)cc1[N+](=O)[O-]. The van der Waals surface area contributed by atoms with Crippen LogP contribution in [0.25, 0.3) is 0 Å². The van der Waals surface area contributed by atoms with Gasteiger partial charge in [-0.3, -0.25) is 10.1 Å². The molecule has 0 aliphatic rings. The van der Waals surface area contributed by atoms with Crippen molar-refractivity contribution in [3.05, 3.63) is 32.8 Å². The Balaban J connectivity index is 2.74. The normalized spacial score (nSPS) is 13.4. The van der Waals surface area contributed by atoms with E-state index >= 15 is 0 Å². The van der Waals surface area contributed by atoms with Crippen LogP contribution in [-0.4, -0.2) is 17.1 Å². The maximum atomic E-state index is 10.8. The molecule has 1 atom stereocenters. The zero-order chi connectivity index (χ0) is 13.8. The summed E-state index contributed by atoms with van der Waals surface area (Å²) in [6.45, 7) is 1.72. The standard InChI is InChI=1S/C11H12BrN3O3/c1-11(14,7-13)4-5-18-10-3-2-8(12)6-9(10)15(16)17/h2-3,6H,4-5,14H2,1H3. The Labute approximate surface area is 113 Å². The number of nitro groups is 1. The molecule has 0 amide bonds. The van der Waals surface area contributed by atoms with Crippen LogP contribution >= 0.6 is 15.9 Å². The number of nitrogens with two attached hydrogens (primary N) is 1. The first-order chi connectivity index (χ1) is 8.35. The molecule has 0 aromatic heterocycles. The van der Waals surface area contributed by atoms with Crippen LogP contribution in [0.15, 0.2) is 22.7 Å². The highest BCUT2D eigenvalue weighted by atomic mass is 79.9. The number of rotatable bonds is 5. The van der Waals surface area contributed by atoms with E-state index in [-0.39, 0.29) is 24.5 Å². The molecule has 0 saturated heterocycles. The number of benzene rings is 1. The second-order valence-corrected chi connectivity index (χ2v) is 4.91. The van der Waals surface area contributed by atoms with Gasteiger partial charge < -0.3 is 10.5 Å². The number of hydrogen-bond donors (Lipinski definition) is 1. The van der Waals surface area contributed by atoms with Crippen molar-refractivity contribution in [2.45, 2.75) is 18.9 Å². The largest absolute Gasteiger partial charge is 0.487 e. The summed E-state index contributed by atoms with van der Waals surface area (Å²) < 4.78 is 5.90. The van der Waals surface area contributed by atoms with Gasteiger partial charge in [-0.25, -0.2) is 0 Å². The van der Waals surface area contributed by atoms with Crippen molar-refractivity contribution in [3.63, 3.8) is 0 Å². The molecule has 0 fully saturated rings. The third kappa shape index (κ3) is 3.98. The summed E-state index contributed by atoms with van der Waals surface area (Å²) in [5.41, 5.74) is 4.50. The highest BCUT2D eigenvalue weighted by Crippen LogP contribution is 2.30. The third-order valence-electron chi connectivity index (χ3n) is 2.25. The predicted molar refractivity (Wildman–Crippen MR) is 69.1 cm³/mol. The first-order valence-electron chi connectivity index (χ1n) is 5.12. The molecule has 0 saturated carbocycles. The molecule has 0 aliphatic heterocycles. The average Bonchev–Trinajstić information content (AvgIpc) is 2.30. The lowest BCUT2D eigenvalue weighted by atomic mass is 10.0. The lowest BCUT2D eigenvalue weighted by Crippen LogP contribution is -2.35. The van der Waals surface area contributed by atoms with Gasteiger partial charge in [-0.1, -0.05) is 15.9 Å². The van der Waals surface area contributed by atoms with Crippen molar-refractivity contribution in [1.29, 1.82) is 5.26 Å². The van der Waals surface area contributed by atoms with Crippen molar-refractivity contribution >= 4 is 21.6 Å². The zero-order valence-corrected chi connectivity index (χ0v) is 11.3. The van der Waals surface area contributed by atoms with Gasteiger partial charge in [0, 0.05) is 17.0 Å². The Kier molecular flexibility index (Phi) is 4.64. The smallest absolute Gasteiger partial charge is 0.312 e. The van der Waals surface area contributed by atoms with Crippen LogP contribution in [0.4, 0.5) is 5.69 Å². The fourth-order valence-corrected chi connectivity index (χ4v) is 1.53. The molecule has 18 heavy (non-hydrogen) atoms. The van der Waals surface area contributed by atoms with E-state index in [2.05, 4.69) is 15.9 Å². The van der Waals surface area contributed by atoms with Crippen molar-refractivity contribution < 1.29 is 9.66 Å². The van der Waals surface area contributed by atoms with E-state index in [0.29, 0.717) is 4.47 Å². The highest BCUT2D eigenvalue weighted by Gasteiger charge is 2.19. The van der Waals surface area contributed by atoms with Crippen LogP contribution in [0.2, 0.25) is 0 Å². The van der Waals surface area contributed by atoms with Gasteiger partial charge in [0.05, 0.1) is 17.6 Å². The molecular formula is C11H12BrN3O3. The predicted octanol–water partition coefficient (Wildman–Crippen LogP) is 2.37. The summed E-state index contributed by atoms with van der Waals surface area (Å²) in [4.78, 5) is 10.3. The van der Waals surface area contributed by atoms with E-state index in [0.717, 1.165) is 0 Å². The fourth-order valence-electron chi connectivity index (χ4n) is 1.18. The Hall–Kier alpha value is -1.65. The minimum atomic E-state index is -0.996. The van der Waals surface area contributed by atoms with Gasteiger partial charge in [0.2, 0.25) is 0 Å². The van der Waals surface area contributed by atoms with E-state index in [1.165, 1.54) is 12.1 Å². The molecule has 1 aromatic rings. The van der Waals surface area contributed by atoms with Crippen LogP contribution < -0.4 is 10.5 Å². The number of hydrogen-bond acceptors (Lipinski definition) is 5. The molecule has 0 aliphatic carbocycles. The van der Waals surface area contributed by atoms with Gasteiger partial charge in [0.25, 0.3) is 0 Å². The van der Waals surface area contributed by atoms with Gasteiger partial charge in [-0.2, -0.15) is 5.26 Å². The average molecular weight is 314 g/mol. The lowest BCUT2D eigenvalue weighted by Gasteiger charge is -2.15. The molecule has 0 spiro atoms. The Morgan fingerprint density at radius 1 is 1.67 bits per heavy atom. The molecule has 0 radical (unpaired) electrons. The van der Waals surface area contributed by atoms with Gasteiger partial charge in [0.15, 0.2) is 5.75 Å². The summed E-state index contributed by atoms with van der Waals surface area (Å²) in [6.07, 6.45) is 0.288. The molecule has 1 rings (SSSR count). The van der Waals surface area contributed by atoms with E-state index in [1.54, 1.807) is 13.0 Å². The molecule has 0 bridgehead atoms. The molecule has 2 N–H and O–H groups in total. The van der Waals surface area contributed by atoms with Gasteiger partial charge in [0.1, 0.15) is 5.54 Å². The Morgan fingerprint density at radius 2 is 2.33 bits per heavy atom. The van der Waals surface area contributed by atoms with Crippen molar-refractivity contribution in [3.8, 4) is 11.8 Å². The monoisotopic (exact) mass is 313 g/mol. The molecule has 1 unspecified atom stereocenters. The highest BCUT2D eigenvalue weighted by molar-refractivity contribution is 9.10. The maximum absolute atomic E-state index is 10.8. The Bertz CT molecular complexity index is 497. The van der Waals surface area contributed by atoms with Crippen molar-refractivity contribution in [2.24, 2.45) is 5.73 Å². The summed E-state index contributed by atoms with van der Waals surface area (Å²) >= 11 is 3.15. The van der Waals surface area contributed by atoms with Gasteiger partial charge in [-0.05, 0) is 19.1 Å². The van der Waals surface area contributed by atoms with Gasteiger partial charge in [-0.15, -0.1) is 0 Å². The fraction of sp³-hybridized carbons (Fsp3) is 0.364. The molecular weight excluding hydrogens is 302 g/mol. The topological polar surface area (TPSA) is 102 Å². The van der Waals surface area contributed by atoms with Crippen LogP contribution in [-0.2, 0) is 0 Å². The van der Waals surface area contributed by atoms with Crippen LogP contribution in [0, 0.1) is 21.4 Å². The van der Waals surface area contributed by atoms with Gasteiger partial charge >= 0.3 is 5.69 Å². The van der Waals surface area contributed by atoms with E-state index < -0.39 is 10.5 Å². The number of halogens is 1. The third-order valence-corrected chi connectivity index (χ3v) is 2.75. The molecule has 96 valence electrons. The number of nitro benzene ring substituents is 1.